The van der Waals surface area contributed by atoms with E-state index in [9.17, 15) is 8.42 Å². The SMILES string of the molecule is CCOc1ccccc1NS(=O)(=O)c1ccc2[nH]c3c(c2c1)CCCCC3. The highest BCUT2D eigenvalue weighted by Gasteiger charge is 2.20. The van der Waals surface area contributed by atoms with Crippen LogP contribution in [0.3, 0.4) is 0 Å². The monoisotopic (exact) mass is 384 g/mol. The average Bonchev–Trinajstić information content (AvgIpc) is 2.83. The zero-order chi connectivity index (χ0) is 18.9. The van der Waals surface area contributed by atoms with Crippen molar-refractivity contribution in [2.45, 2.75) is 43.9 Å². The van der Waals surface area contributed by atoms with Crippen molar-refractivity contribution in [3.63, 3.8) is 0 Å². The molecule has 0 spiro atoms. The van der Waals surface area contributed by atoms with Crippen LogP contribution in [0.1, 0.15) is 37.4 Å². The van der Waals surface area contributed by atoms with Crippen LogP contribution in [0.5, 0.6) is 5.75 Å². The van der Waals surface area contributed by atoms with Crippen LogP contribution in [0.15, 0.2) is 47.4 Å². The molecule has 2 N–H and O–H groups in total. The highest BCUT2D eigenvalue weighted by Crippen LogP contribution is 2.31. The van der Waals surface area contributed by atoms with E-state index in [1.54, 1.807) is 30.3 Å². The van der Waals surface area contributed by atoms with Crippen molar-refractivity contribution in [1.82, 2.24) is 4.98 Å². The van der Waals surface area contributed by atoms with E-state index in [2.05, 4.69) is 9.71 Å². The molecule has 0 bridgehead atoms. The van der Waals surface area contributed by atoms with Crippen molar-refractivity contribution in [1.29, 1.82) is 0 Å². The third-order valence-corrected chi connectivity index (χ3v) is 6.42. The molecule has 0 saturated carbocycles. The number of H-pyrrole nitrogens is 1. The van der Waals surface area contributed by atoms with Crippen LogP contribution in [-0.2, 0) is 22.9 Å². The van der Waals surface area contributed by atoms with Gasteiger partial charge in [0, 0.05) is 16.6 Å². The van der Waals surface area contributed by atoms with Gasteiger partial charge in [-0.1, -0.05) is 18.6 Å². The Kier molecular flexibility index (Phi) is 4.83. The number of rotatable bonds is 5. The van der Waals surface area contributed by atoms with E-state index in [1.807, 2.05) is 19.1 Å². The van der Waals surface area contributed by atoms with Gasteiger partial charge >= 0.3 is 0 Å². The minimum atomic E-state index is -3.70. The molecule has 27 heavy (non-hydrogen) atoms. The summed E-state index contributed by atoms with van der Waals surface area (Å²) >= 11 is 0. The van der Waals surface area contributed by atoms with Gasteiger partial charge in [-0.05, 0) is 68.5 Å². The first kappa shape index (κ1) is 17.9. The van der Waals surface area contributed by atoms with Crippen LogP contribution >= 0.6 is 0 Å². The van der Waals surface area contributed by atoms with E-state index in [-0.39, 0.29) is 4.90 Å². The van der Waals surface area contributed by atoms with Crippen molar-refractivity contribution >= 4 is 26.6 Å². The number of aryl methyl sites for hydroxylation is 2. The summed E-state index contributed by atoms with van der Waals surface area (Å²) in [6, 6.07) is 12.4. The molecule has 6 heteroatoms. The molecule has 0 fully saturated rings. The summed E-state index contributed by atoms with van der Waals surface area (Å²) in [5.74, 6) is 0.528. The lowest BCUT2D eigenvalue weighted by Gasteiger charge is -2.13. The van der Waals surface area contributed by atoms with Crippen LogP contribution in [0, 0.1) is 0 Å². The Labute approximate surface area is 159 Å². The summed E-state index contributed by atoms with van der Waals surface area (Å²) in [5, 5.41) is 1.02. The van der Waals surface area contributed by atoms with Gasteiger partial charge in [0.15, 0.2) is 0 Å². The molecule has 0 atom stereocenters. The molecule has 0 saturated heterocycles. The Morgan fingerprint density at radius 3 is 2.74 bits per heavy atom. The molecule has 1 heterocycles. The maximum absolute atomic E-state index is 13.0. The third-order valence-electron chi connectivity index (χ3n) is 5.06. The molecule has 142 valence electrons. The van der Waals surface area contributed by atoms with Crippen molar-refractivity contribution in [2.75, 3.05) is 11.3 Å². The Hall–Kier alpha value is -2.47. The normalized spacial score (nSPS) is 14.6. The molecule has 4 rings (SSSR count). The molecule has 0 unspecified atom stereocenters. The van der Waals surface area contributed by atoms with E-state index in [4.69, 9.17) is 4.74 Å². The standard InChI is InChI=1S/C21H24N2O3S/c1-2-26-21-11-7-6-10-20(21)23-27(24,25)15-12-13-19-17(14-15)16-8-4-3-5-9-18(16)22-19/h6-7,10-14,22-23H,2-5,8-9H2,1H3. The van der Waals surface area contributed by atoms with E-state index < -0.39 is 10.0 Å². The number of anilines is 1. The van der Waals surface area contributed by atoms with Gasteiger partial charge in [-0.25, -0.2) is 8.42 Å². The molecule has 0 aliphatic heterocycles. The smallest absolute Gasteiger partial charge is 0.262 e. The molecule has 0 radical (unpaired) electrons. The molecule has 1 aromatic heterocycles. The summed E-state index contributed by atoms with van der Waals surface area (Å²) in [6.07, 6.45) is 5.58. The topological polar surface area (TPSA) is 71.2 Å². The number of benzene rings is 2. The van der Waals surface area contributed by atoms with E-state index in [0.29, 0.717) is 18.0 Å². The lowest BCUT2D eigenvalue weighted by Crippen LogP contribution is -2.13. The second-order valence-corrected chi connectivity index (χ2v) is 8.57. The van der Waals surface area contributed by atoms with Crippen molar-refractivity contribution in [3.8, 4) is 5.75 Å². The third kappa shape index (κ3) is 3.54. The first-order valence-corrected chi connectivity index (χ1v) is 10.9. The second kappa shape index (κ2) is 7.27. The Bertz CT molecular complexity index is 1070. The summed E-state index contributed by atoms with van der Waals surface area (Å²) in [5.41, 5.74) is 3.99. The van der Waals surface area contributed by atoms with Crippen LogP contribution in [0.2, 0.25) is 0 Å². The zero-order valence-corrected chi connectivity index (χ0v) is 16.2. The lowest BCUT2D eigenvalue weighted by molar-refractivity contribution is 0.342. The van der Waals surface area contributed by atoms with Gasteiger partial charge in [-0.3, -0.25) is 4.72 Å². The number of nitrogens with one attached hydrogen (secondary N) is 2. The number of ether oxygens (including phenoxy) is 1. The molecule has 3 aromatic rings. The first-order chi connectivity index (χ1) is 13.1. The molecule has 1 aliphatic rings. The minimum Gasteiger partial charge on any atom is -0.492 e. The van der Waals surface area contributed by atoms with E-state index >= 15 is 0 Å². The van der Waals surface area contributed by atoms with Crippen LogP contribution in [-0.4, -0.2) is 20.0 Å². The molecule has 5 nitrogen and oxygen atoms in total. The fourth-order valence-electron chi connectivity index (χ4n) is 3.77. The van der Waals surface area contributed by atoms with Gasteiger partial charge in [0.25, 0.3) is 10.0 Å². The predicted octanol–water partition coefficient (Wildman–Crippen LogP) is 4.64. The number of sulfonamides is 1. The first-order valence-electron chi connectivity index (χ1n) is 9.46. The number of aromatic nitrogens is 1. The molecular weight excluding hydrogens is 360 g/mol. The van der Waals surface area contributed by atoms with Gasteiger partial charge in [-0.15, -0.1) is 0 Å². The number of fused-ring (bicyclic) bond motifs is 3. The maximum Gasteiger partial charge on any atom is 0.262 e. The summed E-state index contributed by atoms with van der Waals surface area (Å²) < 4.78 is 34.2. The van der Waals surface area contributed by atoms with Gasteiger partial charge in [0.05, 0.1) is 17.2 Å². The largest absolute Gasteiger partial charge is 0.492 e. The fraction of sp³-hybridized carbons (Fsp3) is 0.333. The van der Waals surface area contributed by atoms with E-state index in [1.165, 1.54) is 24.1 Å². The van der Waals surface area contributed by atoms with Crippen molar-refractivity contribution in [3.05, 3.63) is 53.7 Å². The van der Waals surface area contributed by atoms with E-state index in [0.717, 1.165) is 30.2 Å². The highest BCUT2D eigenvalue weighted by atomic mass is 32.2. The summed E-state index contributed by atoms with van der Waals surface area (Å²) in [4.78, 5) is 3.75. The van der Waals surface area contributed by atoms with Gasteiger partial charge in [0.2, 0.25) is 0 Å². The molecule has 0 amide bonds. The summed E-state index contributed by atoms with van der Waals surface area (Å²) in [7, 11) is -3.70. The van der Waals surface area contributed by atoms with Gasteiger partial charge in [-0.2, -0.15) is 0 Å². The minimum absolute atomic E-state index is 0.271. The highest BCUT2D eigenvalue weighted by molar-refractivity contribution is 7.92. The predicted molar refractivity (Wildman–Crippen MR) is 108 cm³/mol. The Morgan fingerprint density at radius 1 is 1.07 bits per heavy atom. The Morgan fingerprint density at radius 2 is 1.89 bits per heavy atom. The van der Waals surface area contributed by atoms with Crippen LogP contribution in [0.25, 0.3) is 10.9 Å². The fourth-order valence-corrected chi connectivity index (χ4v) is 4.86. The van der Waals surface area contributed by atoms with Crippen LogP contribution in [0.4, 0.5) is 5.69 Å². The second-order valence-electron chi connectivity index (χ2n) is 6.88. The molecule has 2 aromatic carbocycles. The number of hydrogen-bond acceptors (Lipinski definition) is 3. The maximum atomic E-state index is 13.0. The lowest BCUT2D eigenvalue weighted by atomic mass is 10.1. The van der Waals surface area contributed by atoms with Gasteiger partial charge in [0.1, 0.15) is 5.75 Å². The Balaban J connectivity index is 1.72. The number of hydrogen-bond donors (Lipinski definition) is 2. The quantitative estimate of drug-likeness (QED) is 0.630. The van der Waals surface area contributed by atoms with Crippen molar-refractivity contribution < 1.29 is 13.2 Å². The van der Waals surface area contributed by atoms with Crippen molar-refractivity contribution in [2.24, 2.45) is 0 Å². The number of para-hydroxylation sites is 2. The molecular formula is C21H24N2O3S. The summed E-state index contributed by atoms with van der Waals surface area (Å²) in [6.45, 7) is 2.34. The van der Waals surface area contributed by atoms with Crippen LogP contribution < -0.4 is 9.46 Å². The van der Waals surface area contributed by atoms with Gasteiger partial charge < -0.3 is 9.72 Å². The zero-order valence-electron chi connectivity index (χ0n) is 15.4. The molecule has 1 aliphatic carbocycles. The number of aromatic amines is 1. The average molecular weight is 385 g/mol.